The quantitative estimate of drug-likeness (QED) is 0.651. The van der Waals surface area contributed by atoms with Gasteiger partial charge in [-0.1, -0.05) is 0 Å². The van der Waals surface area contributed by atoms with Gasteiger partial charge in [-0.2, -0.15) is 0 Å². The molecular formula is C11H20N4O2. The molecule has 2 aliphatic heterocycles. The number of piperazine rings is 1. The maximum atomic E-state index is 11.4. The van der Waals surface area contributed by atoms with Crippen LogP contribution in [0.3, 0.4) is 0 Å². The molecule has 0 spiro atoms. The van der Waals surface area contributed by atoms with Crippen molar-refractivity contribution in [3.8, 4) is 0 Å². The second-order valence-electron chi connectivity index (χ2n) is 4.66. The molecule has 2 fully saturated rings. The number of likely N-dealkylation sites (tertiary alicyclic amines) is 1. The predicted molar refractivity (Wildman–Crippen MR) is 63.6 cm³/mol. The molecule has 6 nitrogen and oxygen atoms in total. The molecular weight excluding hydrogens is 220 g/mol. The smallest absolute Gasteiger partial charge is 0.317 e. The van der Waals surface area contributed by atoms with Gasteiger partial charge < -0.3 is 15.1 Å². The van der Waals surface area contributed by atoms with Crippen LogP contribution < -0.4 is 5.32 Å². The summed E-state index contributed by atoms with van der Waals surface area (Å²) >= 11 is 0. The first-order valence-electron chi connectivity index (χ1n) is 6.08. The topological polar surface area (TPSA) is 55.9 Å². The molecule has 0 radical (unpaired) electrons. The van der Waals surface area contributed by atoms with Crippen LogP contribution in [0.1, 0.15) is 6.92 Å². The predicted octanol–water partition coefficient (Wildman–Crippen LogP) is -0.826. The Morgan fingerprint density at radius 3 is 2.12 bits per heavy atom. The van der Waals surface area contributed by atoms with Gasteiger partial charge in [0.2, 0.25) is 5.91 Å². The third kappa shape index (κ3) is 2.52. The van der Waals surface area contributed by atoms with Crippen molar-refractivity contribution in [2.45, 2.75) is 13.0 Å². The number of carbonyl (C=O) groups excluding carboxylic acids is 2. The lowest BCUT2D eigenvalue weighted by atomic mass is 10.1. The second-order valence-corrected chi connectivity index (χ2v) is 4.66. The van der Waals surface area contributed by atoms with Gasteiger partial charge in [-0.3, -0.25) is 9.69 Å². The molecule has 1 N–H and O–H groups in total. The number of hydrogen-bond donors (Lipinski definition) is 1. The zero-order valence-electron chi connectivity index (χ0n) is 10.5. The van der Waals surface area contributed by atoms with E-state index in [1.807, 2.05) is 9.80 Å². The van der Waals surface area contributed by atoms with Crippen molar-refractivity contribution in [3.05, 3.63) is 0 Å². The average molecular weight is 240 g/mol. The van der Waals surface area contributed by atoms with Crippen LogP contribution in [0.2, 0.25) is 0 Å². The fourth-order valence-corrected chi connectivity index (χ4v) is 2.39. The number of nitrogens with one attached hydrogen (secondary N) is 1. The molecule has 2 aliphatic rings. The normalized spacial score (nSPS) is 22.2. The summed E-state index contributed by atoms with van der Waals surface area (Å²) in [7, 11) is 1.66. The molecule has 2 saturated heterocycles. The monoisotopic (exact) mass is 240 g/mol. The molecule has 0 aliphatic carbocycles. The minimum Gasteiger partial charge on any atom is -0.341 e. The lowest BCUT2D eigenvalue weighted by Gasteiger charge is -2.47. The standard InChI is InChI=1S/C11H20N4O2/c1-9(16)15-7-10(8-15)13-3-5-14(6-4-13)11(17)12-2/h10H,3-8H2,1-2H3,(H,12,17). The maximum Gasteiger partial charge on any atom is 0.317 e. The maximum absolute atomic E-state index is 11.4. The molecule has 0 unspecified atom stereocenters. The number of hydrogen-bond acceptors (Lipinski definition) is 3. The molecule has 0 saturated carbocycles. The summed E-state index contributed by atoms with van der Waals surface area (Å²) in [6.45, 7) is 6.66. The number of carbonyl (C=O) groups is 2. The van der Waals surface area contributed by atoms with Crippen LogP contribution in [0, 0.1) is 0 Å². The Morgan fingerprint density at radius 1 is 1.06 bits per heavy atom. The zero-order valence-corrected chi connectivity index (χ0v) is 10.5. The van der Waals surface area contributed by atoms with Crippen LogP contribution in [-0.4, -0.2) is 79.0 Å². The first-order chi connectivity index (χ1) is 8.11. The van der Waals surface area contributed by atoms with E-state index in [4.69, 9.17) is 0 Å². The van der Waals surface area contributed by atoms with Gasteiger partial charge in [-0.25, -0.2) is 4.79 Å². The highest BCUT2D eigenvalue weighted by Crippen LogP contribution is 2.16. The van der Waals surface area contributed by atoms with Crippen molar-refractivity contribution < 1.29 is 9.59 Å². The second kappa shape index (κ2) is 4.91. The Labute approximate surface area is 102 Å². The first kappa shape index (κ1) is 12.2. The summed E-state index contributed by atoms with van der Waals surface area (Å²) in [6, 6.07) is 0.495. The molecule has 2 rings (SSSR count). The Kier molecular flexibility index (Phi) is 3.51. The summed E-state index contributed by atoms with van der Waals surface area (Å²) in [5, 5.41) is 2.64. The van der Waals surface area contributed by atoms with Crippen LogP contribution in [0.25, 0.3) is 0 Å². The van der Waals surface area contributed by atoms with Crippen LogP contribution >= 0.6 is 0 Å². The molecule has 0 aromatic rings. The lowest BCUT2D eigenvalue weighted by Crippen LogP contribution is -2.64. The molecule has 2 heterocycles. The largest absolute Gasteiger partial charge is 0.341 e. The van der Waals surface area contributed by atoms with E-state index < -0.39 is 0 Å². The third-order valence-electron chi connectivity index (χ3n) is 3.64. The molecule has 17 heavy (non-hydrogen) atoms. The van der Waals surface area contributed by atoms with E-state index in [-0.39, 0.29) is 11.9 Å². The molecule has 6 heteroatoms. The van der Waals surface area contributed by atoms with Crippen molar-refractivity contribution in [1.29, 1.82) is 0 Å². The highest BCUT2D eigenvalue weighted by Gasteiger charge is 2.35. The van der Waals surface area contributed by atoms with Gasteiger partial charge in [-0.15, -0.1) is 0 Å². The van der Waals surface area contributed by atoms with E-state index in [2.05, 4.69) is 10.2 Å². The van der Waals surface area contributed by atoms with E-state index in [1.54, 1.807) is 14.0 Å². The Balaban J connectivity index is 1.74. The minimum atomic E-state index is 0.00335. The zero-order chi connectivity index (χ0) is 12.4. The summed E-state index contributed by atoms with van der Waals surface area (Å²) < 4.78 is 0. The minimum absolute atomic E-state index is 0.00335. The van der Waals surface area contributed by atoms with Crippen molar-refractivity contribution in [2.75, 3.05) is 46.3 Å². The highest BCUT2D eigenvalue weighted by molar-refractivity contribution is 5.74. The summed E-state index contributed by atoms with van der Waals surface area (Å²) in [4.78, 5) is 28.6. The Morgan fingerprint density at radius 2 is 1.65 bits per heavy atom. The molecule has 96 valence electrons. The molecule has 0 aromatic carbocycles. The number of rotatable bonds is 1. The molecule has 0 atom stereocenters. The van der Waals surface area contributed by atoms with Crippen molar-refractivity contribution in [1.82, 2.24) is 20.0 Å². The number of nitrogens with zero attached hydrogens (tertiary/aromatic N) is 3. The molecule has 0 bridgehead atoms. The van der Waals surface area contributed by atoms with Crippen LogP contribution in [0.4, 0.5) is 4.79 Å². The fourth-order valence-electron chi connectivity index (χ4n) is 2.39. The van der Waals surface area contributed by atoms with E-state index in [0.29, 0.717) is 6.04 Å². The van der Waals surface area contributed by atoms with Gasteiger partial charge in [0.15, 0.2) is 0 Å². The van der Waals surface area contributed by atoms with E-state index in [1.165, 1.54) is 0 Å². The van der Waals surface area contributed by atoms with Crippen molar-refractivity contribution >= 4 is 11.9 Å². The van der Waals surface area contributed by atoms with Crippen LogP contribution in [-0.2, 0) is 4.79 Å². The number of urea groups is 1. The van der Waals surface area contributed by atoms with Gasteiger partial charge in [0.25, 0.3) is 0 Å². The average Bonchev–Trinajstić information content (AvgIpc) is 2.26. The fraction of sp³-hybridized carbons (Fsp3) is 0.818. The summed E-state index contributed by atoms with van der Waals surface area (Å²) in [5.41, 5.74) is 0. The third-order valence-corrected chi connectivity index (χ3v) is 3.64. The summed E-state index contributed by atoms with van der Waals surface area (Å²) in [5.74, 6) is 0.158. The first-order valence-corrected chi connectivity index (χ1v) is 6.08. The Bertz CT molecular complexity index is 307. The van der Waals surface area contributed by atoms with E-state index in [9.17, 15) is 9.59 Å². The van der Waals surface area contributed by atoms with Gasteiger partial charge in [-0.05, 0) is 0 Å². The van der Waals surface area contributed by atoms with Gasteiger partial charge in [0.1, 0.15) is 0 Å². The SMILES string of the molecule is CNC(=O)N1CCN(C2CN(C(C)=O)C2)CC1. The Hall–Kier alpha value is -1.30. The van der Waals surface area contributed by atoms with Crippen molar-refractivity contribution in [3.63, 3.8) is 0 Å². The van der Waals surface area contributed by atoms with Gasteiger partial charge in [0.05, 0.1) is 0 Å². The van der Waals surface area contributed by atoms with E-state index in [0.717, 1.165) is 39.3 Å². The molecule has 0 aromatic heterocycles. The van der Waals surface area contributed by atoms with Gasteiger partial charge in [0, 0.05) is 59.3 Å². The van der Waals surface area contributed by atoms with Crippen LogP contribution in [0.5, 0.6) is 0 Å². The molecule has 3 amide bonds. The highest BCUT2D eigenvalue weighted by atomic mass is 16.2. The van der Waals surface area contributed by atoms with Crippen LogP contribution in [0.15, 0.2) is 0 Å². The number of amides is 3. The van der Waals surface area contributed by atoms with Gasteiger partial charge >= 0.3 is 6.03 Å². The van der Waals surface area contributed by atoms with Crippen molar-refractivity contribution in [2.24, 2.45) is 0 Å². The lowest BCUT2D eigenvalue weighted by molar-refractivity contribution is -0.136. The summed E-state index contributed by atoms with van der Waals surface area (Å²) in [6.07, 6.45) is 0. The van der Waals surface area contributed by atoms with E-state index >= 15 is 0 Å².